The number of fused-ring (bicyclic) bond motifs is 10. The fourth-order valence-electron chi connectivity index (χ4n) is 11.9. The number of hydrogen-bond acceptors (Lipinski definition) is 3. The summed E-state index contributed by atoms with van der Waals surface area (Å²) in [5, 5.41) is 10.3. The van der Waals surface area contributed by atoms with Crippen LogP contribution in [0.3, 0.4) is 0 Å². The van der Waals surface area contributed by atoms with Gasteiger partial charge in [-0.25, -0.2) is 0 Å². The zero-order valence-electron chi connectivity index (χ0n) is 39.6. The predicted octanol–water partition coefficient (Wildman–Crippen LogP) is 17.0. The first kappa shape index (κ1) is 41.9. The lowest BCUT2D eigenvalue weighted by Gasteiger charge is -2.45. The molecule has 0 bridgehead atoms. The van der Waals surface area contributed by atoms with Crippen molar-refractivity contribution in [3.8, 4) is 44.5 Å². The molecule has 0 saturated heterocycles. The predicted molar refractivity (Wildman–Crippen MR) is 298 cm³/mol. The van der Waals surface area contributed by atoms with E-state index < -0.39 is 5.41 Å². The van der Waals surface area contributed by atoms with Gasteiger partial charge in [0.1, 0.15) is 6.17 Å². The van der Waals surface area contributed by atoms with E-state index in [1.807, 2.05) is 0 Å². The molecule has 14 rings (SSSR count). The van der Waals surface area contributed by atoms with E-state index in [0.717, 1.165) is 16.9 Å². The SMILES string of the molecule is C1=C(c2cccc(-c3ccc(-c4ccc5c(c4)C4(c6cc7ccccc7cc6-5)c5ccccc5N(c5ccccc5)c5ccccc54)cc3)c2)NC(c2ccccc2)NC1c1ccc(-c2ccccc2)cc1. The molecule has 2 aliphatic heterocycles. The van der Waals surface area contributed by atoms with Gasteiger partial charge in [0.25, 0.3) is 0 Å². The van der Waals surface area contributed by atoms with Crippen LogP contribution in [0.5, 0.6) is 0 Å². The molecule has 0 aromatic heterocycles. The largest absolute Gasteiger partial charge is 0.366 e. The van der Waals surface area contributed by atoms with Gasteiger partial charge >= 0.3 is 0 Å². The molecule has 0 amide bonds. The summed E-state index contributed by atoms with van der Waals surface area (Å²) in [4.78, 5) is 2.45. The monoisotopic (exact) mass is 919 g/mol. The number of nitrogens with zero attached hydrogens (tertiary/aromatic N) is 1. The molecule has 0 fully saturated rings. The average molecular weight is 920 g/mol. The number of benzene rings is 11. The first-order valence-corrected chi connectivity index (χ1v) is 25.1. The first-order valence-electron chi connectivity index (χ1n) is 25.1. The lowest BCUT2D eigenvalue weighted by molar-refractivity contribution is 0.443. The van der Waals surface area contributed by atoms with Crippen LogP contribution in [-0.2, 0) is 5.41 Å². The third-order valence-electron chi connectivity index (χ3n) is 15.3. The minimum absolute atomic E-state index is 0.0101. The average Bonchev–Trinajstić information content (AvgIpc) is 3.74. The van der Waals surface area contributed by atoms with Gasteiger partial charge in [0.05, 0.1) is 22.8 Å². The third-order valence-corrected chi connectivity index (χ3v) is 15.3. The fraction of sp³-hybridized carbons (Fsp3) is 0.0435. The van der Waals surface area contributed by atoms with Crippen molar-refractivity contribution in [2.24, 2.45) is 0 Å². The maximum atomic E-state index is 3.89. The first-order chi connectivity index (χ1) is 35.7. The van der Waals surface area contributed by atoms with E-state index in [9.17, 15) is 0 Å². The van der Waals surface area contributed by atoms with Crippen molar-refractivity contribution in [1.82, 2.24) is 10.6 Å². The zero-order chi connectivity index (χ0) is 47.6. The second-order valence-electron chi connectivity index (χ2n) is 19.3. The van der Waals surface area contributed by atoms with Crippen LogP contribution in [0.25, 0.3) is 61.0 Å². The Morgan fingerprint density at radius 2 is 0.833 bits per heavy atom. The maximum Gasteiger partial charge on any atom is 0.104 e. The Hall–Kier alpha value is -9.02. The molecule has 2 atom stereocenters. The second-order valence-corrected chi connectivity index (χ2v) is 19.3. The molecule has 2 N–H and O–H groups in total. The van der Waals surface area contributed by atoms with E-state index in [2.05, 4.69) is 289 Å². The molecule has 3 heteroatoms. The number of hydrogen-bond donors (Lipinski definition) is 2. The summed E-state index contributed by atoms with van der Waals surface area (Å²) in [5.74, 6) is 0. The van der Waals surface area contributed by atoms with Gasteiger partial charge in [-0.05, 0) is 149 Å². The Labute approximate surface area is 421 Å². The summed E-state index contributed by atoms with van der Waals surface area (Å²) in [6.07, 6.45) is 2.27. The molecule has 3 nitrogen and oxygen atoms in total. The highest BCUT2D eigenvalue weighted by molar-refractivity contribution is 6.00. The van der Waals surface area contributed by atoms with Crippen molar-refractivity contribution >= 4 is 33.5 Å². The Bertz CT molecular complexity index is 3810. The second kappa shape index (κ2) is 17.1. The van der Waals surface area contributed by atoms with Crippen molar-refractivity contribution in [1.29, 1.82) is 0 Å². The van der Waals surface area contributed by atoms with Crippen LogP contribution in [0, 0.1) is 0 Å². The molecule has 3 aliphatic rings. The Balaban J connectivity index is 0.844. The zero-order valence-corrected chi connectivity index (χ0v) is 39.6. The highest BCUT2D eigenvalue weighted by atomic mass is 15.2. The van der Waals surface area contributed by atoms with Crippen LogP contribution in [0.15, 0.2) is 273 Å². The molecule has 72 heavy (non-hydrogen) atoms. The van der Waals surface area contributed by atoms with E-state index in [1.165, 1.54) is 100 Å². The summed E-state index contributed by atoms with van der Waals surface area (Å²) in [7, 11) is 0. The van der Waals surface area contributed by atoms with Gasteiger partial charge in [0.2, 0.25) is 0 Å². The van der Waals surface area contributed by atoms with Crippen LogP contribution < -0.4 is 15.5 Å². The van der Waals surface area contributed by atoms with E-state index in [1.54, 1.807) is 0 Å². The lowest BCUT2D eigenvalue weighted by Crippen LogP contribution is -2.39. The van der Waals surface area contributed by atoms with Gasteiger partial charge in [0.15, 0.2) is 0 Å². The van der Waals surface area contributed by atoms with Crippen LogP contribution in [0.4, 0.5) is 17.1 Å². The van der Waals surface area contributed by atoms with Gasteiger partial charge in [-0.3, -0.25) is 5.32 Å². The number of para-hydroxylation sites is 3. The van der Waals surface area contributed by atoms with Crippen molar-refractivity contribution in [3.63, 3.8) is 0 Å². The molecule has 11 aromatic carbocycles. The van der Waals surface area contributed by atoms with E-state index in [-0.39, 0.29) is 12.2 Å². The quantitative estimate of drug-likeness (QED) is 0.167. The van der Waals surface area contributed by atoms with Crippen molar-refractivity contribution in [2.75, 3.05) is 4.90 Å². The maximum absolute atomic E-state index is 3.89. The van der Waals surface area contributed by atoms with Crippen LogP contribution in [-0.4, -0.2) is 0 Å². The number of anilines is 3. The highest BCUT2D eigenvalue weighted by Crippen LogP contribution is 2.64. The van der Waals surface area contributed by atoms with E-state index in [4.69, 9.17) is 0 Å². The molecule has 11 aromatic rings. The van der Waals surface area contributed by atoms with Crippen LogP contribution in [0.1, 0.15) is 51.2 Å². The molecule has 2 heterocycles. The van der Waals surface area contributed by atoms with Gasteiger partial charge in [-0.2, -0.15) is 0 Å². The fourth-order valence-corrected chi connectivity index (χ4v) is 11.9. The summed E-state index contributed by atoms with van der Waals surface area (Å²) in [6, 6.07) is 98.3. The molecular formula is C69H49N3. The Morgan fingerprint density at radius 3 is 1.53 bits per heavy atom. The Kier molecular flexibility index (Phi) is 9.97. The molecule has 1 spiro atoms. The smallest absolute Gasteiger partial charge is 0.104 e. The molecule has 0 radical (unpaired) electrons. The van der Waals surface area contributed by atoms with E-state index >= 15 is 0 Å². The van der Waals surface area contributed by atoms with Gasteiger partial charge in [0, 0.05) is 11.4 Å². The van der Waals surface area contributed by atoms with Crippen molar-refractivity contribution in [2.45, 2.75) is 17.6 Å². The Morgan fingerprint density at radius 1 is 0.333 bits per heavy atom. The van der Waals surface area contributed by atoms with Gasteiger partial charge < -0.3 is 10.2 Å². The molecule has 340 valence electrons. The van der Waals surface area contributed by atoms with E-state index in [0.29, 0.717) is 0 Å². The van der Waals surface area contributed by atoms with Gasteiger partial charge in [-0.15, -0.1) is 0 Å². The topological polar surface area (TPSA) is 27.3 Å². The summed E-state index contributed by atoms with van der Waals surface area (Å²) < 4.78 is 0. The standard InChI is InChI=1S/C69H49N3/c1-4-17-46(18-5-1)47-35-37-50(38-36-47)64-45-65(71-68(70-64)51-19-6-2-7-20-51)56-24-16-23-52(41-56)48-31-33-49(34-32-48)55-39-40-58-59-42-53-21-10-11-22-54(53)43-63(59)69(62(58)44-55)60-27-12-14-29-66(60)72(57-25-8-3-9-26-57)67-30-15-13-28-61(67)69/h1-45,64,68,70-71H. The molecular weight excluding hydrogens is 871 g/mol. The molecule has 1 aliphatic carbocycles. The number of nitrogens with one attached hydrogen (secondary N) is 2. The van der Waals surface area contributed by atoms with Crippen molar-refractivity contribution < 1.29 is 0 Å². The summed E-state index contributed by atoms with van der Waals surface area (Å²) >= 11 is 0. The van der Waals surface area contributed by atoms with Crippen LogP contribution in [0.2, 0.25) is 0 Å². The number of rotatable bonds is 7. The minimum Gasteiger partial charge on any atom is -0.366 e. The van der Waals surface area contributed by atoms with Crippen LogP contribution >= 0.6 is 0 Å². The van der Waals surface area contributed by atoms with Gasteiger partial charge in [-0.1, -0.05) is 218 Å². The molecule has 0 saturated carbocycles. The highest BCUT2D eigenvalue weighted by Gasteiger charge is 2.52. The summed E-state index contributed by atoms with van der Waals surface area (Å²) in [6.45, 7) is 0. The summed E-state index contributed by atoms with van der Waals surface area (Å²) in [5.41, 5.74) is 22.7. The van der Waals surface area contributed by atoms with Crippen molar-refractivity contribution in [3.05, 3.63) is 312 Å². The third kappa shape index (κ3) is 6.85. The lowest BCUT2D eigenvalue weighted by atomic mass is 9.64. The minimum atomic E-state index is -0.551. The molecule has 2 unspecified atom stereocenters. The normalized spacial score (nSPS) is 16.0.